The third-order valence-electron chi connectivity index (χ3n) is 3.84. The smallest absolute Gasteiger partial charge is 0.193 e. The minimum Gasteiger partial charge on any atom is -0.496 e. The van der Waals surface area contributed by atoms with Crippen LogP contribution in [0.25, 0.3) is 0 Å². The molecule has 5 nitrogen and oxygen atoms in total. The van der Waals surface area contributed by atoms with Crippen molar-refractivity contribution >= 4 is 53.0 Å². The number of aliphatic imine (C=N–C) groups is 1. The first-order chi connectivity index (χ1) is 12.5. The highest BCUT2D eigenvalue weighted by atomic mass is 127. The molecule has 1 heterocycles. The first-order valence-corrected chi connectivity index (χ1v) is 10.5. The predicted molar refractivity (Wildman–Crippen MR) is 128 cm³/mol. The van der Waals surface area contributed by atoms with Crippen molar-refractivity contribution in [3.8, 4) is 5.75 Å². The zero-order chi connectivity index (χ0) is 18.9. The van der Waals surface area contributed by atoms with Gasteiger partial charge >= 0.3 is 0 Å². The molecule has 27 heavy (non-hydrogen) atoms. The van der Waals surface area contributed by atoms with Gasteiger partial charge in [-0.2, -0.15) is 0 Å². The minimum atomic E-state index is 0. The summed E-state index contributed by atoms with van der Waals surface area (Å²) in [5.74, 6) is 3.34. The number of benzene rings is 1. The molecule has 0 aliphatic carbocycles. The first kappa shape index (κ1) is 24.0. The van der Waals surface area contributed by atoms with Crippen LogP contribution in [0.4, 0.5) is 0 Å². The van der Waals surface area contributed by atoms with Crippen LogP contribution in [-0.2, 0) is 6.54 Å². The molecule has 2 aromatic rings. The fourth-order valence-electron chi connectivity index (χ4n) is 2.48. The molecule has 0 aliphatic heterocycles. The van der Waals surface area contributed by atoms with Crippen LogP contribution in [0.15, 0.2) is 39.5 Å². The Bertz CT molecular complexity index is 723. The van der Waals surface area contributed by atoms with Gasteiger partial charge in [0.05, 0.1) is 24.4 Å². The highest BCUT2D eigenvalue weighted by molar-refractivity contribution is 14.0. The van der Waals surface area contributed by atoms with Gasteiger partial charge in [-0.3, -0.25) is 4.99 Å². The van der Waals surface area contributed by atoms with Crippen molar-refractivity contribution in [3.63, 3.8) is 0 Å². The number of thioether (sulfide) groups is 1. The van der Waals surface area contributed by atoms with E-state index >= 15 is 0 Å². The van der Waals surface area contributed by atoms with Gasteiger partial charge < -0.3 is 15.0 Å². The molecule has 8 heteroatoms. The van der Waals surface area contributed by atoms with Crippen LogP contribution in [0.3, 0.4) is 0 Å². The number of halogens is 1. The summed E-state index contributed by atoms with van der Waals surface area (Å²) in [4.78, 5) is 12.2. The Hall–Kier alpha value is -1.00. The van der Waals surface area contributed by atoms with Crippen LogP contribution >= 0.6 is 47.1 Å². The van der Waals surface area contributed by atoms with E-state index in [1.54, 1.807) is 18.4 Å². The van der Waals surface area contributed by atoms with Gasteiger partial charge in [-0.25, -0.2) is 4.98 Å². The second-order valence-corrected chi connectivity index (χ2v) is 8.33. The Labute approximate surface area is 188 Å². The zero-order valence-corrected chi connectivity index (χ0v) is 20.5. The lowest BCUT2D eigenvalue weighted by Gasteiger charge is -2.23. The molecule has 0 bridgehead atoms. The van der Waals surface area contributed by atoms with Gasteiger partial charge in [0.15, 0.2) is 5.96 Å². The second kappa shape index (κ2) is 12.5. The van der Waals surface area contributed by atoms with Crippen molar-refractivity contribution in [3.05, 3.63) is 40.3 Å². The lowest BCUT2D eigenvalue weighted by molar-refractivity contribution is 0.404. The van der Waals surface area contributed by atoms with Crippen LogP contribution in [-0.4, -0.2) is 49.3 Å². The summed E-state index contributed by atoms with van der Waals surface area (Å²) in [6.07, 6.45) is 0. The summed E-state index contributed by atoms with van der Waals surface area (Å²) >= 11 is 3.51. The largest absolute Gasteiger partial charge is 0.496 e. The van der Waals surface area contributed by atoms with Gasteiger partial charge in [-0.15, -0.1) is 47.1 Å². The number of hydrogen-bond donors (Lipinski definition) is 1. The van der Waals surface area contributed by atoms with E-state index in [-0.39, 0.29) is 24.0 Å². The molecule has 0 amide bonds. The number of aryl methyl sites for hydroxylation is 1. The van der Waals surface area contributed by atoms with Crippen LogP contribution in [0.5, 0.6) is 5.75 Å². The average molecular weight is 521 g/mol. The average Bonchev–Trinajstić information content (AvgIpc) is 3.05. The molecule has 0 fully saturated rings. The van der Waals surface area contributed by atoms with Gasteiger partial charge in [0.1, 0.15) is 5.75 Å². The van der Waals surface area contributed by atoms with Gasteiger partial charge in [-0.1, -0.05) is 19.1 Å². The fraction of sp³-hybridized carbons (Fsp3) is 0.474. The maximum absolute atomic E-state index is 5.42. The van der Waals surface area contributed by atoms with Crippen molar-refractivity contribution in [2.75, 3.05) is 33.5 Å². The van der Waals surface area contributed by atoms with Crippen LogP contribution in [0, 0.1) is 12.8 Å². The third-order valence-corrected chi connectivity index (χ3v) is 6.05. The molecule has 0 saturated carbocycles. The van der Waals surface area contributed by atoms with Crippen LogP contribution in [0.2, 0.25) is 0 Å². The Morgan fingerprint density at radius 3 is 2.78 bits per heavy atom. The topological polar surface area (TPSA) is 49.8 Å². The summed E-state index contributed by atoms with van der Waals surface area (Å²) in [5.41, 5.74) is 1.08. The van der Waals surface area contributed by atoms with E-state index in [0.29, 0.717) is 5.92 Å². The molecular formula is C19H29IN4OS2. The first-order valence-electron chi connectivity index (χ1n) is 8.62. The Morgan fingerprint density at radius 1 is 1.41 bits per heavy atom. The number of guanidine groups is 1. The zero-order valence-electron chi connectivity index (χ0n) is 16.6. The lowest BCUT2D eigenvalue weighted by Crippen LogP contribution is -2.40. The minimum absolute atomic E-state index is 0. The van der Waals surface area contributed by atoms with E-state index in [9.17, 15) is 0 Å². The molecule has 1 atom stereocenters. The number of nitrogens with zero attached hydrogens (tertiary/aromatic N) is 3. The van der Waals surface area contributed by atoms with E-state index in [1.807, 2.05) is 51.0 Å². The fourth-order valence-corrected chi connectivity index (χ4v) is 4.13. The molecule has 2 rings (SSSR count). The Balaban J connectivity index is 0.00000364. The number of methoxy groups -OCH3 is 1. The molecular weight excluding hydrogens is 491 g/mol. The maximum Gasteiger partial charge on any atom is 0.193 e. The highest BCUT2D eigenvalue weighted by Crippen LogP contribution is 2.29. The van der Waals surface area contributed by atoms with E-state index in [0.717, 1.165) is 41.3 Å². The summed E-state index contributed by atoms with van der Waals surface area (Å²) in [6.45, 7) is 5.90. The van der Waals surface area contributed by atoms with Crippen molar-refractivity contribution in [2.24, 2.45) is 10.9 Å². The van der Waals surface area contributed by atoms with Crippen LogP contribution in [0.1, 0.15) is 17.6 Å². The standard InChI is InChI=1S/C19H28N4OS2.HI/c1-14(12-26-18-9-7-6-8-17(18)24-5)10-21-19(20-3)23(4)11-16-13-25-15(2)22-16;/h6-9,13-14H,10-12H2,1-5H3,(H,20,21);1H. The van der Waals surface area contributed by atoms with Gasteiger partial charge in [0.2, 0.25) is 0 Å². The summed E-state index contributed by atoms with van der Waals surface area (Å²) in [7, 11) is 5.58. The van der Waals surface area contributed by atoms with Gasteiger partial charge in [0, 0.05) is 36.7 Å². The number of aromatic nitrogens is 1. The van der Waals surface area contributed by atoms with E-state index in [4.69, 9.17) is 4.74 Å². The molecule has 1 N–H and O–H groups in total. The van der Waals surface area contributed by atoms with Crippen molar-refractivity contribution in [2.45, 2.75) is 25.3 Å². The molecule has 0 saturated heterocycles. The normalized spacial score (nSPS) is 12.3. The monoisotopic (exact) mass is 520 g/mol. The number of ether oxygens (including phenoxy) is 1. The summed E-state index contributed by atoms with van der Waals surface area (Å²) < 4.78 is 5.42. The number of hydrogen-bond acceptors (Lipinski definition) is 5. The molecule has 0 radical (unpaired) electrons. The Kier molecular flexibility index (Phi) is 11.1. The lowest BCUT2D eigenvalue weighted by atomic mass is 10.2. The van der Waals surface area contributed by atoms with Gasteiger partial charge in [0.25, 0.3) is 0 Å². The van der Waals surface area contributed by atoms with Crippen molar-refractivity contribution in [1.82, 2.24) is 15.2 Å². The molecule has 1 unspecified atom stereocenters. The number of nitrogens with one attached hydrogen (secondary N) is 1. The maximum atomic E-state index is 5.42. The van der Waals surface area contributed by atoms with Crippen LogP contribution < -0.4 is 10.1 Å². The van der Waals surface area contributed by atoms with Crippen molar-refractivity contribution < 1.29 is 4.74 Å². The number of rotatable bonds is 8. The van der Waals surface area contributed by atoms with E-state index < -0.39 is 0 Å². The summed E-state index contributed by atoms with van der Waals surface area (Å²) in [5, 5.41) is 6.67. The second-order valence-electron chi connectivity index (χ2n) is 6.21. The Morgan fingerprint density at radius 2 is 2.15 bits per heavy atom. The quantitative estimate of drug-likeness (QED) is 0.240. The van der Waals surface area contributed by atoms with E-state index in [2.05, 4.69) is 38.6 Å². The number of thiazole rings is 1. The van der Waals surface area contributed by atoms with Crippen molar-refractivity contribution in [1.29, 1.82) is 0 Å². The predicted octanol–water partition coefficient (Wildman–Crippen LogP) is 4.51. The van der Waals surface area contributed by atoms with Gasteiger partial charge in [-0.05, 0) is 25.0 Å². The SMILES string of the molecule is CN=C(NCC(C)CSc1ccccc1OC)N(C)Cc1csc(C)n1.I. The molecule has 0 spiro atoms. The highest BCUT2D eigenvalue weighted by Gasteiger charge is 2.11. The summed E-state index contributed by atoms with van der Waals surface area (Å²) in [6, 6.07) is 8.15. The molecule has 1 aromatic heterocycles. The van der Waals surface area contributed by atoms with E-state index in [1.165, 1.54) is 4.90 Å². The molecule has 1 aromatic carbocycles. The molecule has 0 aliphatic rings. The molecule has 150 valence electrons. The number of para-hydroxylation sites is 1. The third kappa shape index (κ3) is 7.87.